The predicted molar refractivity (Wildman–Crippen MR) is 201 cm³/mol. The van der Waals surface area contributed by atoms with Crippen LogP contribution in [0.2, 0.25) is 0 Å². The molecule has 0 spiro atoms. The second-order valence-electron chi connectivity index (χ2n) is 13.0. The number of carbonyl (C=O) groups is 3. The number of hydrogen-bond acceptors (Lipinski definition) is 7. The first-order chi connectivity index (χ1) is 24.9. The van der Waals surface area contributed by atoms with Crippen LogP contribution in [0, 0.1) is 0 Å². The van der Waals surface area contributed by atoms with E-state index in [2.05, 4.69) is 15.6 Å². The van der Waals surface area contributed by atoms with E-state index in [-0.39, 0.29) is 49.6 Å². The van der Waals surface area contributed by atoms with Gasteiger partial charge in [-0.2, -0.15) is 4.31 Å². The van der Waals surface area contributed by atoms with Gasteiger partial charge in [-0.25, -0.2) is 13.2 Å². The first kappa shape index (κ1) is 37.8. The number of aliphatic carboxylic acids is 1. The lowest BCUT2D eigenvalue weighted by atomic mass is 9.95. The quantitative estimate of drug-likeness (QED) is 0.0694. The van der Waals surface area contributed by atoms with Crippen molar-refractivity contribution in [2.24, 2.45) is 16.5 Å². The van der Waals surface area contributed by atoms with Crippen molar-refractivity contribution in [3.05, 3.63) is 108 Å². The number of sulfonamides is 1. The van der Waals surface area contributed by atoms with E-state index >= 15 is 0 Å². The van der Waals surface area contributed by atoms with Gasteiger partial charge in [0.05, 0.1) is 4.90 Å². The van der Waals surface area contributed by atoms with E-state index < -0.39 is 45.9 Å². The van der Waals surface area contributed by atoms with Gasteiger partial charge in [0.25, 0.3) is 0 Å². The van der Waals surface area contributed by atoms with Gasteiger partial charge < -0.3 is 32.1 Å². The van der Waals surface area contributed by atoms with Crippen LogP contribution in [0.15, 0.2) is 101 Å². The van der Waals surface area contributed by atoms with Gasteiger partial charge in [-0.15, -0.1) is 0 Å². The number of fused-ring (bicyclic) bond motifs is 2. The van der Waals surface area contributed by atoms with E-state index in [9.17, 15) is 27.9 Å². The van der Waals surface area contributed by atoms with Gasteiger partial charge in [-0.3, -0.25) is 14.6 Å². The molecule has 0 saturated carbocycles. The maximum Gasteiger partial charge on any atom is 0.326 e. The standard InChI is InChI=1S/C38H45N7O6S/c1-44(2)32-18-8-16-29-28(32)15-9-19-34(29)52(50,51)45-24-27-14-7-6-13-26(27)23-33(45)36(47)42-30(21-20-25-11-4-3-5-12-25)35(46)43-31(37(48)49)17-10-22-41-38(39)40/h3-9,11-16,18-19,30-31,33H,10,17,20-24H2,1-2H3,(H,42,47)(H,43,46)(H,48,49)(H4,39,40,41)/t30-,31-,33-/m0/s1. The van der Waals surface area contributed by atoms with Crippen molar-refractivity contribution < 1.29 is 27.9 Å². The number of carboxylic acids is 1. The van der Waals surface area contributed by atoms with Crippen LogP contribution in [-0.4, -0.2) is 80.3 Å². The summed E-state index contributed by atoms with van der Waals surface area (Å²) >= 11 is 0. The first-order valence-electron chi connectivity index (χ1n) is 17.1. The number of rotatable bonds is 15. The second-order valence-corrected chi connectivity index (χ2v) is 14.9. The van der Waals surface area contributed by atoms with Crippen LogP contribution in [0.1, 0.15) is 36.0 Å². The van der Waals surface area contributed by atoms with Crippen molar-refractivity contribution >= 4 is 50.2 Å². The largest absolute Gasteiger partial charge is 0.480 e. The number of amides is 2. The van der Waals surface area contributed by atoms with E-state index in [1.807, 2.05) is 85.7 Å². The van der Waals surface area contributed by atoms with Gasteiger partial charge >= 0.3 is 5.97 Å². The van der Waals surface area contributed by atoms with Gasteiger partial charge in [0.1, 0.15) is 18.1 Å². The maximum atomic E-state index is 14.7. The molecule has 13 nitrogen and oxygen atoms in total. The molecule has 1 heterocycles. The van der Waals surface area contributed by atoms with Gasteiger partial charge in [-0.1, -0.05) is 78.9 Å². The van der Waals surface area contributed by atoms with E-state index in [0.29, 0.717) is 11.8 Å². The Kier molecular flexibility index (Phi) is 12.1. The molecule has 0 saturated heterocycles. The molecule has 0 unspecified atom stereocenters. The molecule has 52 heavy (non-hydrogen) atoms. The Bertz CT molecular complexity index is 2050. The lowest BCUT2D eigenvalue weighted by Gasteiger charge is -2.36. The summed E-state index contributed by atoms with van der Waals surface area (Å²) in [4.78, 5) is 46.1. The van der Waals surface area contributed by atoms with Crippen LogP contribution in [0.25, 0.3) is 10.8 Å². The molecule has 0 radical (unpaired) electrons. The SMILES string of the molecule is CN(C)c1cccc2c(S(=O)(=O)N3Cc4ccccc4C[C@H]3C(=O)N[C@@H](CCc3ccccc3)C(=O)N[C@@H](CCCN=C(N)N)C(=O)O)cccc12. The highest BCUT2D eigenvalue weighted by atomic mass is 32.2. The van der Waals surface area contributed by atoms with Gasteiger partial charge in [-0.05, 0) is 60.9 Å². The average molecular weight is 728 g/mol. The number of benzene rings is 4. The summed E-state index contributed by atoms with van der Waals surface area (Å²) in [6, 6.07) is 23.6. The van der Waals surface area contributed by atoms with Crippen molar-refractivity contribution in [2.45, 2.75) is 61.7 Å². The number of nitrogens with zero attached hydrogens (tertiary/aromatic N) is 3. The number of aryl methyl sites for hydroxylation is 1. The number of carboxylic acid groups (broad SMARTS) is 1. The highest BCUT2D eigenvalue weighted by Gasteiger charge is 2.41. The Hall–Kier alpha value is -5.47. The third-order valence-corrected chi connectivity index (χ3v) is 11.1. The van der Waals surface area contributed by atoms with Gasteiger partial charge in [0, 0.05) is 43.6 Å². The molecule has 2 amide bonds. The normalized spacial score (nSPS) is 15.5. The van der Waals surface area contributed by atoms with Gasteiger partial charge in [0.2, 0.25) is 21.8 Å². The summed E-state index contributed by atoms with van der Waals surface area (Å²) in [5.41, 5.74) is 14.1. The van der Waals surface area contributed by atoms with Crippen molar-refractivity contribution in [3.63, 3.8) is 0 Å². The van der Waals surface area contributed by atoms with E-state index in [1.54, 1.807) is 24.3 Å². The highest BCUT2D eigenvalue weighted by Crippen LogP contribution is 2.35. The first-order valence-corrected chi connectivity index (χ1v) is 18.5. The third kappa shape index (κ3) is 8.87. The summed E-state index contributed by atoms with van der Waals surface area (Å²) in [5.74, 6) is -2.74. The Morgan fingerprint density at radius 2 is 1.54 bits per heavy atom. The van der Waals surface area contributed by atoms with E-state index in [4.69, 9.17) is 11.5 Å². The summed E-state index contributed by atoms with van der Waals surface area (Å²) in [5, 5.41) is 16.5. The second kappa shape index (κ2) is 16.7. The molecule has 0 aliphatic carbocycles. The Morgan fingerprint density at radius 3 is 2.23 bits per heavy atom. The summed E-state index contributed by atoms with van der Waals surface area (Å²) < 4.78 is 30.6. The molecule has 5 rings (SSSR count). The molecule has 4 aromatic rings. The summed E-state index contributed by atoms with van der Waals surface area (Å²) in [7, 11) is -0.516. The van der Waals surface area contributed by atoms with Crippen LogP contribution < -0.4 is 27.0 Å². The number of nitrogens with one attached hydrogen (secondary N) is 2. The van der Waals surface area contributed by atoms with Crippen molar-refractivity contribution in [1.82, 2.24) is 14.9 Å². The summed E-state index contributed by atoms with van der Waals surface area (Å²) in [6.45, 7) is 0.120. The van der Waals surface area contributed by atoms with E-state index in [0.717, 1.165) is 27.8 Å². The number of nitrogens with two attached hydrogens (primary N) is 2. The molecule has 274 valence electrons. The lowest BCUT2D eigenvalue weighted by molar-refractivity contribution is -0.142. The number of guanidine groups is 1. The average Bonchev–Trinajstić information content (AvgIpc) is 3.13. The van der Waals surface area contributed by atoms with Crippen LogP contribution >= 0.6 is 0 Å². The number of aliphatic imine (C=N–C) groups is 1. The zero-order valence-electron chi connectivity index (χ0n) is 29.2. The summed E-state index contributed by atoms with van der Waals surface area (Å²) in [6.07, 6.45) is 0.929. The molecule has 1 aliphatic rings. The zero-order valence-corrected chi connectivity index (χ0v) is 30.1. The van der Waals surface area contributed by atoms with Crippen LogP contribution in [0.5, 0.6) is 0 Å². The molecule has 1 aliphatic heterocycles. The fourth-order valence-corrected chi connectivity index (χ4v) is 8.28. The number of hydrogen-bond donors (Lipinski definition) is 5. The molecule has 4 aromatic carbocycles. The molecular weight excluding hydrogens is 683 g/mol. The number of carbonyl (C=O) groups excluding carboxylic acids is 2. The molecule has 14 heteroatoms. The Labute approximate surface area is 303 Å². The molecular formula is C38H45N7O6S. The van der Waals surface area contributed by atoms with Crippen molar-refractivity contribution in [2.75, 3.05) is 25.5 Å². The monoisotopic (exact) mass is 727 g/mol. The lowest BCUT2D eigenvalue weighted by Crippen LogP contribution is -2.58. The zero-order chi connectivity index (χ0) is 37.4. The number of anilines is 1. The van der Waals surface area contributed by atoms with Crippen LogP contribution in [0.3, 0.4) is 0 Å². The topological polar surface area (TPSA) is 201 Å². The fraction of sp³-hybridized carbons (Fsp3) is 0.316. The Balaban J connectivity index is 1.47. The van der Waals surface area contributed by atoms with Crippen molar-refractivity contribution in [1.29, 1.82) is 0 Å². The molecule has 7 N–H and O–H groups in total. The predicted octanol–water partition coefficient (Wildman–Crippen LogP) is 2.76. The molecule has 0 bridgehead atoms. The van der Waals surface area contributed by atoms with Crippen LogP contribution in [0.4, 0.5) is 5.69 Å². The Morgan fingerprint density at radius 1 is 0.865 bits per heavy atom. The molecule has 3 atom stereocenters. The third-order valence-electron chi connectivity index (χ3n) is 9.19. The fourth-order valence-electron chi connectivity index (χ4n) is 6.51. The highest BCUT2D eigenvalue weighted by molar-refractivity contribution is 7.89. The maximum absolute atomic E-state index is 14.7. The molecule has 0 aromatic heterocycles. The van der Waals surface area contributed by atoms with Crippen LogP contribution in [-0.2, 0) is 43.8 Å². The van der Waals surface area contributed by atoms with Gasteiger partial charge in [0.15, 0.2) is 5.96 Å². The smallest absolute Gasteiger partial charge is 0.326 e. The minimum Gasteiger partial charge on any atom is -0.480 e. The minimum atomic E-state index is -4.28. The molecule has 0 fully saturated rings. The van der Waals surface area contributed by atoms with E-state index in [1.165, 1.54) is 4.31 Å². The van der Waals surface area contributed by atoms with Crippen molar-refractivity contribution in [3.8, 4) is 0 Å². The minimum absolute atomic E-state index is 0.0448.